The summed E-state index contributed by atoms with van der Waals surface area (Å²) in [6.07, 6.45) is 12.9. The van der Waals surface area contributed by atoms with Crippen molar-refractivity contribution in [3.8, 4) is 0 Å². The molecular formula is C15H27O2. The summed E-state index contributed by atoms with van der Waals surface area (Å²) < 4.78 is 0. The Morgan fingerprint density at radius 2 is 1.65 bits per heavy atom. The van der Waals surface area contributed by atoms with Crippen molar-refractivity contribution >= 4 is 5.97 Å². The first kappa shape index (κ1) is 14.5. The van der Waals surface area contributed by atoms with Crippen molar-refractivity contribution in [2.45, 2.75) is 77.6 Å². The summed E-state index contributed by atoms with van der Waals surface area (Å²) in [5, 5.41) is 11.1. The second-order valence-electron chi connectivity index (χ2n) is 5.53. The Balaban J connectivity index is 2.14. The molecule has 2 heteroatoms. The molecule has 1 radical (unpaired) electrons. The molecule has 17 heavy (non-hydrogen) atoms. The molecule has 0 aromatic rings. The van der Waals surface area contributed by atoms with Crippen molar-refractivity contribution in [3.63, 3.8) is 0 Å². The van der Waals surface area contributed by atoms with Crippen molar-refractivity contribution in [1.82, 2.24) is 0 Å². The molecule has 0 N–H and O–H groups in total. The normalized spacial score (nSPS) is 18.4. The molecule has 99 valence electrons. The Labute approximate surface area is 106 Å². The van der Waals surface area contributed by atoms with E-state index in [1.165, 1.54) is 44.9 Å². The number of carbonyl (C=O) groups is 1. The molecule has 0 amide bonds. The molecule has 0 saturated heterocycles. The molecule has 1 aliphatic carbocycles. The average molecular weight is 239 g/mol. The van der Waals surface area contributed by atoms with Gasteiger partial charge in [0.2, 0.25) is 0 Å². The highest BCUT2D eigenvalue weighted by Crippen LogP contribution is 2.34. The van der Waals surface area contributed by atoms with Crippen LogP contribution in [0, 0.1) is 11.8 Å². The molecule has 1 aliphatic rings. The maximum absolute atomic E-state index is 11.1. The van der Waals surface area contributed by atoms with Gasteiger partial charge in [0.25, 0.3) is 0 Å². The van der Waals surface area contributed by atoms with E-state index < -0.39 is 5.97 Å². The van der Waals surface area contributed by atoms with Gasteiger partial charge in [0.15, 0.2) is 0 Å². The summed E-state index contributed by atoms with van der Waals surface area (Å²) in [5.41, 5.74) is 0. The minimum Gasteiger partial charge on any atom is -0.247 e. The number of hydrogen-bond acceptors (Lipinski definition) is 1. The van der Waals surface area contributed by atoms with Crippen LogP contribution in [0.15, 0.2) is 0 Å². The second kappa shape index (κ2) is 8.54. The lowest BCUT2D eigenvalue weighted by Gasteiger charge is -2.17. The SMILES string of the molecule is CCCCCCCCC(C([O])=O)C1CCCC1. The largest absolute Gasteiger partial charge is 0.358 e. The standard InChI is InChI=1S/C15H27O2/c1-2-3-4-5-6-7-12-14(15(16)17)13-10-8-9-11-13/h13-14H,2-12H2,1H3. The van der Waals surface area contributed by atoms with Crippen molar-refractivity contribution < 1.29 is 9.90 Å². The number of hydrogen-bond donors (Lipinski definition) is 0. The topological polar surface area (TPSA) is 37.0 Å². The van der Waals surface area contributed by atoms with Crippen molar-refractivity contribution in [1.29, 1.82) is 0 Å². The van der Waals surface area contributed by atoms with Crippen LogP contribution >= 0.6 is 0 Å². The van der Waals surface area contributed by atoms with E-state index in [2.05, 4.69) is 6.92 Å². The van der Waals surface area contributed by atoms with Crippen LogP contribution in [0.1, 0.15) is 77.6 Å². The molecule has 0 spiro atoms. The third-order valence-electron chi connectivity index (χ3n) is 4.14. The maximum atomic E-state index is 11.1. The third kappa shape index (κ3) is 5.56. The van der Waals surface area contributed by atoms with Gasteiger partial charge >= 0.3 is 5.97 Å². The van der Waals surface area contributed by atoms with E-state index in [4.69, 9.17) is 0 Å². The van der Waals surface area contributed by atoms with E-state index >= 15 is 0 Å². The lowest BCUT2D eigenvalue weighted by molar-refractivity contribution is -0.150. The van der Waals surface area contributed by atoms with Crippen LogP contribution in [0.2, 0.25) is 0 Å². The van der Waals surface area contributed by atoms with E-state index in [0.29, 0.717) is 5.92 Å². The fourth-order valence-corrected chi connectivity index (χ4v) is 3.05. The summed E-state index contributed by atoms with van der Waals surface area (Å²) in [6.45, 7) is 2.21. The average Bonchev–Trinajstić information content (AvgIpc) is 2.81. The Morgan fingerprint density at radius 3 is 2.24 bits per heavy atom. The molecule has 1 saturated carbocycles. The van der Waals surface area contributed by atoms with E-state index in [-0.39, 0.29) is 5.92 Å². The van der Waals surface area contributed by atoms with E-state index in [1.807, 2.05) is 0 Å². The van der Waals surface area contributed by atoms with Gasteiger partial charge in [-0.3, -0.25) is 0 Å². The highest BCUT2D eigenvalue weighted by atomic mass is 16.4. The van der Waals surface area contributed by atoms with E-state index in [1.54, 1.807) is 0 Å². The first-order valence-electron chi connectivity index (χ1n) is 7.46. The molecule has 0 aliphatic heterocycles. The summed E-state index contributed by atoms with van der Waals surface area (Å²) in [6, 6.07) is 0. The molecule has 1 atom stereocenters. The Kier molecular flexibility index (Phi) is 7.30. The highest BCUT2D eigenvalue weighted by molar-refractivity contribution is 5.69. The summed E-state index contributed by atoms with van der Waals surface area (Å²) in [7, 11) is 0. The first-order chi connectivity index (χ1) is 8.25. The van der Waals surface area contributed by atoms with Crippen molar-refractivity contribution in [2.75, 3.05) is 0 Å². The van der Waals surface area contributed by atoms with Crippen LogP contribution in [-0.2, 0) is 9.90 Å². The van der Waals surface area contributed by atoms with Gasteiger partial charge in [-0.1, -0.05) is 58.3 Å². The lowest BCUT2D eigenvalue weighted by Crippen LogP contribution is -2.20. The Hall–Kier alpha value is -0.530. The van der Waals surface area contributed by atoms with Gasteiger partial charge in [-0.05, 0) is 25.2 Å². The van der Waals surface area contributed by atoms with Crippen molar-refractivity contribution in [3.05, 3.63) is 0 Å². The minimum absolute atomic E-state index is 0.163. The van der Waals surface area contributed by atoms with E-state index in [0.717, 1.165) is 25.7 Å². The lowest BCUT2D eigenvalue weighted by atomic mass is 9.86. The van der Waals surface area contributed by atoms with Crippen LogP contribution in [0.4, 0.5) is 0 Å². The first-order valence-corrected chi connectivity index (χ1v) is 7.46. The summed E-state index contributed by atoms with van der Waals surface area (Å²) >= 11 is 0. The van der Waals surface area contributed by atoms with Gasteiger partial charge in [-0.25, -0.2) is 9.90 Å². The van der Waals surface area contributed by atoms with Gasteiger partial charge in [0.05, 0.1) is 5.92 Å². The molecule has 0 bridgehead atoms. The monoisotopic (exact) mass is 239 g/mol. The van der Waals surface area contributed by atoms with Crippen molar-refractivity contribution in [2.24, 2.45) is 11.8 Å². The van der Waals surface area contributed by atoms with Gasteiger partial charge in [0.1, 0.15) is 0 Å². The third-order valence-corrected chi connectivity index (χ3v) is 4.14. The number of rotatable bonds is 9. The van der Waals surface area contributed by atoms with Gasteiger partial charge in [-0.15, -0.1) is 0 Å². The smallest absolute Gasteiger partial charge is 0.247 e. The zero-order valence-corrected chi connectivity index (χ0v) is 11.2. The Morgan fingerprint density at radius 1 is 1.06 bits per heavy atom. The Bertz CT molecular complexity index is 207. The zero-order valence-electron chi connectivity index (χ0n) is 11.2. The minimum atomic E-state index is -0.801. The second-order valence-corrected chi connectivity index (χ2v) is 5.53. The molecule has 1 fully saturated rings. The maximum Gasteiger partial charge on any atom is 0.358 e. The van der Waals surface area contributed by atoms with Crippen LogP contribution in [0.5, 0.6) is 0 Å². The number of carbonyl (C=O) groups excluding carboxylic acids is 1. The van der Waals surface area contributed by atoms with Crippen LogP contribution in [0.3, 0.4) is 0 Å². The summed E-state index contributed by atoms with van der Waals surface area (Å²) in [4.78, 5) is 11.1. The van der Waals surface area contributed by atoms with Crippen LogP contribution < -0.4 is 0 Å². The quantitative estimate of drug-likeness (QED) is 0.546. The van der Waals surface area contributed by atoms with E-state index in [9.17, 15) is 9.90 Å². The fourth-order valence-electron chi connectivity index (χ4n) is 3.05. The molecule has 2 nitrogen and oxygen atoms in total. The molecule has 1 unspecified atom stereocenters. The molecule has 0 aromatic carbocycles. The highest BCUT2D eigenvalue weighted by Gasteiger charge is 2.30. The van der Waals surface area contributed by atoms with Gasteiger partial charge in [-0.2, -0.15) is 0 Å². The number of unbranched alkanes of at least 4 members (excludes halogenated alkanes) is 5. The van der Waals surface area contributed by atoms with Crippen LogP contribution in [-0.4, -0.2) is 5.97 Å². The molecule has 0 heterocycles. The predicted molar refractivity (Wildman–Crippen MR) is 69.1 cm³/mol. The predicted octanol–water partition coefficient (Wildman–Crippen LogP) is 4.50. The van der Waals surface area contributed by atoms with Gasteiger partial charge in [0, 0.05) is 0 Å². The molecule has 0 aromatic heterocycles. The summed E-state index contributed by atoms with van der Waals surface area (Å²) in [5.74, 6) is -0.551. The van der Waals surface area contributed by atoms with Gasteiger partial charge < -0.3 is 0 Å². The fraction of sp³-hybridized carbons (Fsp3) is 0.933. The van der Waals surface area contributed by atoms with Crippen LogP contribution in [0.25, 0.3) is 0 Å². The molecule has 1 rings (SSSR count). The zero-order chi connectivity index (χ0) is 12.5. The molecular weight excluding hydrogens is 212 g/mol.